The van der Waals surface area contributed by atoms with E-state index in [1.165, 1.54) is 4.90 Å². The number of nitrogens with zero attached hydrogens (tertiary/aromatic N) is 7. The fourth-order valence-corrected chi connectivity index (χ4v) is 10.2. The lowest BCUT2D eigenvalue weighted by molar-refractivity contribution is -0.144. The molecule has 5 aromatic rings. The van der Waals surface area contributed by atoms with Gasteiger partial charge in [0.15, 0.2) is 5.82 Å². The van der Waals surface area contributed by atoms with Gasteiger partial charge in [0.2, 0.25) is 17.7 Å². The quantitative estimate of drug-likeness (QED) is 0.108. The Hall–Kier alpha value is -5.71. The number of aliphatic hydroxyl groups excluding tert-OH is 1. The first kappa shape index (κ1) is 43.9. The Kier molecular flexibility index (Phi) is 12.9. The number of nitrogens with one attached hydrogen (secondary N) is 2. The Balaban J connectivity index is 0.821. The maximum Gasteiger partial charge on any atom is 0.246 e. The van der Waals surface area contributed by atoms with Gasteiger partial charge in [-0.2, -0.15) is 5.10 Å². The van der Waals surface area contributed by atoms with Crippen LogP contribution in [0.1, 0.15) is 83.0 Å². The normalized spacial score (nSPS) is 21.6. The molecule has 3 aromatic heterocycles. The number of carbonyl (C=O) groups is 3. The second-order valence-electron chi connectivity index (χ2n) is 18.4. The third-order valence-electron chi connectivity index (χ3n) is 13.1. The SMILES string of the molecule is Cc1ncsc1-c1ccc(CNC(=O)[C@@H]2C[C@@H](O)CN2C(=O)[C@@H](NC(=O)[C@H]2CC[C@@H](N3CCC(n4cc(-c5cc(-c6ccccc6O)nnc5N)cn4)CC3)CC2)C(C)(C)C)cc1. The van der Waals surface area contributed by atoms with Crippen molar-refractivity contribution >= 4 is 34.9 Å². The summed E-state index contributed by atoms with van der Waals surface area (Å²) in [4.78, 5) is 51.1. The van der Waals surface area contributed by atoms with Gasteiger partial charge in [0, 0.05) is 67.4 Å². The van der Waals surface area contributed by atoms with Gasteiger partial charge in [-0.3, -0.25) is 19.1 Å². The molecule has 2 aliphatic heterocycles. The van der Waals surface area contributed by atoms with Crippen molar-refractivity contribution in [2.45, 2.75) is 109 Å². The number of phenols is 1. The Morgan fingerprint density at radius 1 is 0.921 bits per heavy atom. The molecule has 0 unspecified atom stereocenters. The number of carbonyl (C=O) groups excluding carboxylic acids is 3. The number of benzene rings is 2. The smallest absolute Gasteiger partial charge is 0.246 e. The van der Waals surface area contributed by atoms with Crippen molar-refractivity contribution < 1.29 is 24.6 Å². The molecule has 0 bridgehead atoms. The predicted molar refractivity (Wildman–Crippen MR) is 242 cm³/mol. The number of rotatable bonds is 11. The largest absolute Gasteiger partial charge is 0.507 e. The van der Waals surface area contributed by atoms with E-state index in [1.807, 2.05) is 80.5 Å². The number of nitrogen functional groups attached to an aromatic ring is 1. The van der Waals surface area contributed by atoms with Gasteiger partial charge in [0.05, 0.1) is 40.1 Å². The number of likely N-dealkylation sites (tertiary alicyclic amines) is 2. The number of piperidine rings is 1. The summed E-state index contributed by atoms with van der Waals surface area (Å²) in [5, 5.41) is 40.2. The van der Waals surface area contributed by atoms with E-state index in [2.05, 4.69) is 30.7 Å². The molecule has 3 fully saturated rings. The maximum atomic E-state index is 14.3. The molecule has 5 heterocycles. The summed E-state index contributed by atoms with van der Waals surface area (Å²) in [6, 6.07) is 15.7. The number of phenolic OH excluding ortho intramolecular Hbond substituents is 1. The first-order valence-corrected chi connectivity index (χ1v) is 22.9. The zero-order chi connectivity index (χ0) is 44.4. The van der Waals surface area contributed by atoms with E-state index in [9.17, 15) is 24.6 Å². The summed E-state index contributed by atoms with van der Waals surface area (Å²) >= 11 is 1.59. The van der Waals surface area contributed by atoms with Crippen LogP contribution in [0.15, 0.2) is 72.5 Å². The number of anilines is 1. The van der Waals surface area contributed by atoms with Crippen molar-refractivity contribution in [3.8, 4) is 38.6 Å². The molecule has 6 N–H and O–H groups in total. The monoisotopic (exact) mass is 874 g/mol. The fraction of sp³-hybridized carbons (Fsp3) is 0.468. The number of nitrogens with two attached hydrogens (primary N) is 1. The van der Waals surface area contributed by atoms with E-state index in [-0.39, 0.29) is 54.9 Å². The molecule has 3 amide bonds. The van der Waals surface area contributed by atoms with Crippen LogP contribution < -0.4 is 16.4 Å². The van der Waals surface area contributed by atoms with Gasteiger partial charge in [-0.05, 0) is 80.2 Å². The Labute approximate surface area is 372 Å². The lowest BCUT2D eigenvalue weighted by Crippen LogP contribution is -2.58. The lowest BCUT2D eigenvalue weighted by atomic mass is 9.82. The van der Waals surface area contributed by atoms with Crippen molar-refractivity contribution in [2.24, 2.45) is 11.3 Å². The van der Waals surface area contributed by atoms with Gasteiger partial charge >= 0.3 is 0 Å². The van der Waals surface area contributed by atoms with Crippen molar-refractivity contribution in [2.75, 3.05) is 25.4 Å². The Morgan fingerprint density at radius 3 is 2.33 bits per heavy atom. The first-order chi connectivity index (χ1) is 30.2. The molecule has 0 spiro atoms. The molecule has 1 aliphatic carbocycles. The van der Waals surface area contributed by atoms with E-state index in [1.54, 1.807) is 35.7 Å². The number of β-amino-alcohol motifs (C(OH)–C–C–N with tert-alkyl or cyclic N) is 1. The van der Waals surface area contributed by atoms with E-state index in [0.717, 1.165) is 78.9 Å². The van der Waals surface area contributed by atoms with Crippen LogP contribution in [0.5, 0.6) is 5.75 Å². The topological polar surface area (TPSA) is 205 Å². The van der Waals surface area contributed by atoms with Crippen LogP contribution in [0, 0.1) is 18.3 Å². The number of thiazole rings is 1. The summed E-state index contributed by atoms with van der Waals surface area (Å²) in [5.41, 5.74) is 13.1. The molecule has 2 saturated heterocycles. The molecule has 0 radical (unpaired) electrons. The molecule has 15 nitrogen and oxygen atoms in total. The van der Waals surface area contributed by atoms with Crippen LogP contribution in [0.2, 0.25) is 0 Å². The van der Waals surface area contributed by atoms with Crippen LogP contribution in [-0.2, 0) is 20.9 Å². The van der Waals surface area contributed by atoms with E-state index < -0.39 is 23.6 Å². The zero-order valence-electron chi connectivity index (χ0n) is 36.4. The number of aryl methyl sites for hydroxylation is 1. The van der Waals surface area contributed by atoms with Gasteiger partial charge in [-0.25, -0.2) is 4.98 Å². The van der Waals surface area contributed by atoms with Crippen LogP contribution in [0.4, 0.5) is 5.82 Å². The highest BCUT2D eigenvalue weighted by molar-refractivity contribution is 7.13. The standard InChI is InChI=1S/C47H58N10O5S/c1-28-41(63-27-50-28)30-11-9-29(10-12-30)23-49-45(61)39-21-35(58)26-56(39)46(62)42(47(2,3)4)52-44(60)31-13-15-33(16-14-31)55-19-17-34(18-20-55)57-25-32(24-51-57)37-22-38(53-54-43(37)48)36-7-5-6-8-40(36)59/h5-12,22,24-25,27,31,33-35,39,42,58-59H,13-21,23,26H2,1-4H3,(H2,48,54)(H,49,61)(H,52,60)/t31-,33+,35-,39+,42-/m1/s1. The second kappa shape index (κ2) is 18.6. The first-order valence-electron chi connectivity index (χ1n) is 22.0. The zero-order valence-corrected chi connectivity index (χ0v) is 37.2. The molecule has 3 aliphatic rings. The van der Waals surface area contributed by atoms with Crippen LogP contribution >= 0.6 is 11.3 Å². The summed E-state index contributed by atoms with van der Waals surface area (Å²) in [6.07, 6.45) is 8.23. The summed E-state index contributed by atoms with van der Waals surface area (Å²) in [7, 11) is 0. The summed E-state index contributed by atoms with van der Waals surface area (Å²) < 4.78 is 2.02. The van der Waals surface area contributed by atoms with E-state index in [4.69, 9.17) is 10.8 Å². The predicted octanol–water partition coefficient (Wildman–Crippen LogP) is 5.73. The third kappa shape index (κ3) is 9.77. The molecular weight excluding hydrogens is 817 g/mol. The number of hydrogen-bond acceptors (Lipinski definition) is 12. The Bertz CT molecular complexity index is 2410. The molecule has 3 atom stereocenters. The number of para-hydroxylation sites is 1. The molecule has 8 rings (SSSR count). The second-order valence-corrected chi connectivity index (χ2v) is 19.3. The number of aliphatic hydroxyl groups is 1. The van der Waals surface area contributed by atoms with Crippen molar-refractivity contribution in [3.63, 3.8) is 0 Å². The average Bonchev–Trinajstić information content (AvgIpc) is 4.05. The van der Waals surface area contributed by atoms with Gasteiger partial charge in [0.1, 0.15) is 17.8 Å². The molecule has 332 valence electrons. The van der Waals surface area contributed by atoms with Crippen LogP contribution in [0.25, 0.3) is 32.8 Å². The molecule has 63 heavy (non-hydrogen) atoms. The molecule has 2 aromatic carbocycles. The van der Waals surface area contributed by atoms with Gasteiger partial charge in [-0.15, -0.1) is 21.5 Å². The lowest BCUT2D eigenvalue weighted by Gasteiger charge is -2.41. The number of hydrogen-bond donors (Lipinski definition) is 5. The molecular formula is C47H58N10O5S. The van der Waals surface area contributed by atoms with Gasteiger partial charge in [0.25, 0.3) is 0 Å². The third-order valence-corrected chi connectivity index (χ3v) is 14.0. The van der Waals surface area contributed by atoms with Crippen molar-refractivity contribution in [1.82, 2.24) is 45.4 Å². The van der Waals surface area contributed by atoms with Crippen LogP contribution in [-0.4, -0.2) is 107 Å². The minimum absolute atomic E-state index is 0.0319. The molecule has 16 heteroatoms. The van der Waals surface area contributed by atoms with Crippen molar-refractivity contribution in [3.05, 3.63) is 83.8 Å². The van der Waals surface area contributed by atoms with Gasteiger partial charge in [-0.1, -0.05) is 57.2 Å². The molecule has 1 saturated carbocycles. The number of aromatic nitrogens is 5. The highest BCUT2D eigenvalue weighted by atomic mass is 32.1. The minimum Gasteiger partial charge on any atom is -0.507 e. The number of aromatic hydroxyl groups is 1. The van der Waals surface area contributed by atoms with E-state index >= 15 is 0 Å². The van der Waals surface area contributed by atoms with Crippen LogP contribution in [0.3, 0.4) is 0 Å². The average molecular weight is 875 g/mol. The number of amides is 3. The summed E-state index contributed by atoms with van der Waals surface area (Å²) in [5.74, 6) is -0.607. The Morgan fingerprint density at radius 2 is 1.65 bits per heavy atom. The minimum atomic E-state index is -0.863. The fourth-order valence-electron chi connectivity index (χ4n) is 9.39. The highest BCUT2D eigenvalue weighted by Gasteiger charge is 2.45. The van der Waals surface area contributed by atoms with Crippen molar-refractivity contribution in [1.29, 1.82) is 0 Å². The highest BCUT2D eigenvalue weighted by Crippen LogP contribution is 2.36. The maximum absolute atomic E-state index is 14.3. The van der Waals surface area contributed by atoms with E-state index in [0.29, 0.717) is 28.7 Å². The summed E-state index contributed by atoms with van der Waals surface area (Å²) in [6.45, 7) is 9.89. The van der Waals surface area contributed by atoms with Gasteiger partial charge < -0.3 is 36.4 Å².